The maximum atomic E-state index is 4.42. The Morgan fingerprint density at radius 3 is 3.00 bits per heavy atom. The van der Waals surface area contributed by atoms with E-state index in [0.717, 1.165) is 13.1 Å². The van der Waals surface area contributed by atoms with Crippen LogP contribution in [-0.2, 0) is 13.6 Å². The molecule has 1 fully saturated rings. The predicted molar refractivity (Wildman–Crippen MR) is 74.5 cm³/mol. The van der Waals surface area contributed by atoms with Gasteiger partial charge in [0.1, 0.15) is 0 Å². The van der Waals surface area contributed by atoms with Gasteiger partial charge in [-0.05, 0) is 39.3 Å². The highest BCUT2D eigenvalue weighted by Crippen LogP contribution is 2.15. The first-order valence-electron chi connectivity index (χ1n) is 7.14. The van der Waals surface area contributed by atoms with E-state index in [1.165, 1.54) is 43.6 Å². The summed E-state index contributed by atoms with van der Waals surface area (Å²) in [5, 5.41) is 8.06. The van der Waals surface area contributed by atoms with Crippen LogP contribution in [-0.4, -0.2) is 40.4 Å². The molecule has 0 aromatic carbocycles. The smallest absolute Gasteiger partial charge is 0.0638 e. The van der Waals surface area contributed by atoms with Crippen LogP contribution in [0, 0.1) is 6.92 Å². The number of aryl methyl sites for hydroxylation is 2. The van der Waals surface area contributed by atoms with Gasteiger partial charge in [-0.2, -0.15) is 5.10 Å². The third kappa shape index (κ3) is 3.56. The molecule has 1 aromatic rings. The second kappa shape index (κ2) is 6.34. The molecule has 18 heavy (non-hydrogen) atoms. The molecular formula is C14H26N4. The standard InChI is InChI=1S/C14H26N4/c1-4-7-15-14-6-5-8-18(11-14)10-13-9-17(3)16-12(13)2/h9,14-15H,4-8,10-11H2,1-3H3. The van der Waals surface area contributed by atoms with Crippen molar-refractivity contribution >= 4 is 0 Å². The summed E-state index contributed by atoms with van der Waals surface area (Å²) in [6.45, 7) is 8.92. The highest BCUT2D eigenvalue weighted by Gasteiger charge is 2.20. The summed E-state index contributed by atoms with van der Waals surface area (Å²) >= 11 is 0. The van der Waals surface area contributed by atoms with Gasteiger partial charge in [0.25, 0.3) is 0 Å². The van der Waals surface area contributed by atoms with Crippen LogP contribution in [0.5, 0.6) is 0 Å². The van der Waals surface area contributed by atoms with E-state index in [1.807, 2.05) is 11.7 Å². The fourth-order valence-corrected chi connectivity index (χ4v) is 2.76. The van der Waals surface area contributed by atoms with Crippen molar-refractivity contribution < 1.29 is 0 Å². The van der Waals surface area contributed by atoms with Crippen molar-refractivity contribution in [3.63, 3.8) is 0 Å². The number of likely N-dealkylation sites (tertiary alicyclic amines) is 1. The van der Waals surface area contributed by atoms with Crippen LogP contribution >= 0.6 is 0 Å². The van der Waals surface area contributed by atoms with Gasteiger partial charge in [-0.3, -0.25) is 9.58 Å². The molecule has 0 radical (unpaired) electrons. The summed E-state index contributed by atoms with van der Waals surface area (Å²) in [4.78, 5) is 2.56. The van der Waals surface area contributed by atoms with Gasteiger partial charge in [-0.25, -0.2) is 0 Å². The van der Waals surface area contributed by atoms with E-state index < -0.39 is 0 Å². The normalized spacial score (nSPS) is 21.4. The topological polar surface area (TPSA) is 33.1 Å². The SMILES string of the molecule is CCCNC1CCCN(Cc2cn(C)nc2C)C1. The maximum absolute atomic E-state index is 4.42. The fourth-order valence-electron chi connectivity index (χ4n) is 2.76. The summed E-state index contributed by atoms with van der Waals surface area (Å²) in [5.74, 6) is 0. The Bertz CT molecular complexity index is 372. The van der Waals surface area contributed by atoms with Gasteiger partial charge in [-0.15, -0.1) is 0 Å². The summed E-state index contributed by atoms with van der Waals surface area (Å²) < 4.78 is 1.92. The van der Waals surface area contributed by atoms with Gasteiger partial charge >= 0.3 is 0 Å². The first kappa shape index (κ1) is 13.6. The summed E-state index contributed by atoms with van der Waals surface area (Å²) in [6.07, 6.45) is 6.00. The largest absolute Gasteiger partial charge is 0.313 e. The van der Waals surface area contributed by atoms with E-state index in [4.69, 9.17) is 0 Å². The highest BCUT2D eigenvalue weighted by molar-refractivity contribution is 5.15. The number of aromatic nitrogens is 2. The predicted octanol–water partition coefficient (Wildman–Crippen LogP) is 1.69. The first-order chi connectivity index (χ1) is 8.69. The minimum absolute atomic E-state index is 0.677. The summed E-state index contributed by atoms with van der Waals surface area (Å²) in [5.41, 5.74) is 2.54. The molecule has 0 bridgehead atoms. The zero-order valence-corrected chi connectivity index (χ0v) is 11.9. The Balaban J connectivity index is 1.87. The molecule has 4 heteroatoms. The zero-order valence-electron chi connectivity index (χ0n) is 11.9. The Kier molecular flexibility index (Phi) is 4.78. The van der Waals surface area contributed by atoms with Gasteiger partial charge in [0.15, 0.2) is 0 Å². The molecule has 1 aromatic heterocycles. The van der Waals surface area contributed by atoms with Crippen molar-refractivity contribution in [1.29, 1.82) is 0 Å². The lowest BCUT2D eigenvalue weighted by Gasteiger charge is -2.33. The quantitative estimate of drug-likeness (QED) is 0.863. The van der Waals surface area contributed by atoms with E-state index >= 15 is 0 Å². The number of nitrogens with one attached hydrogen (secondary N) is 1. The lowest BCUT2D eigenvalue weighted by atomic mass is 10.0. The molecule has 2 rings (SSSR count). The van der Waals surface area contributed by atoms with Gasteiger partial charge < -0.3 is 5.32 Å². The van der Waals surface area contributed by atoms with Crippen LogP contribution in [0.1, 0.15) is 37.4 Å². The van der Waals surface area contributed by atoms with Crippen molar-refractivity contribution in [2.45, 2.75) is 45.7 Å². The minimum atomic E-state index is 0.677. The third-order valence-electron chi connectivity index (χ3n) is 3.70. The zero-order chi connectivity index (χ0) is 13.0. The molecule has 0 aliphatic carbocycles. The Labute approximate surface area is 110 Å². The van der Waals surface area contributed by atoms with Crippen LogP contribution in [0.3, 0.4) is 0 Å². The van der Waals surface area contributed by atoms with E-state index in [-0.39, 0.29) is 0 Å². The molecule has 4 nitrogen and oxygen atoms in total. The summed E-state index contributed by atoms with van der Waals surface area (Å²) in [7, 11) is 2.00. The minimum Gasteiger partial charge on any atom is -0.313 e. The van der Waals surface area contributed by atoms with Crippen molar-refractivity contribution in [3.05, 3.63) is 17.5 Å². The molecule has 0 spiro atoms. The van der Waals surface area contributed by atoms with Gasteiger partial charge in [0.05, 0.1) is 5.69 Å². The Hall–Kier alpha value is -0.870. The third-order valence-corrected chi connectivity index (χ3v) is 3.70. The molecule has 1 aliphatic heterocycles. The van der Waals surface area contributed by atoms with Crippen LogP contribution in [0.15, 0.2) is 6.20 Å². The van der Waals surface area contributed by atoms with Gasteiger partial charge in [-0.1, -0.05) is 6.92 Å². The van der Waals surface area contributed by atoms with E-state index in [1.54, 1.807) is 0 Å². The number of rotatable bonds is 5. The second-order valence-corrected chi connectivity index (χ2v) is 5.44. The molecule has 0 saturated carbocycles. The molecule has 102 valence electrons. The Morgan fingerprint density at radius 2 is 2.33 bits per heavy atom. The van der Waals surface area contributed by atoms with Crippen LogP contribution < -0.4 is 5.32 Å². The van der Waals surface area contributed by atoms with E-state index in [2.05, 4.69) is 35.4 Å². The molecule has 1 N–H and O–H groups in total. The fraction of sp³-hybridized carbons (Fsp3) is 0.786. The molecule has 1 saturated heterocycles. The number of hydrogen-bond donors (Lipinski definition) is 1. The van der Waals surface area contributed by atoms with Crippen molar-refractivity contribution in [2.75, 3.05) is 19.6 Å². The Morgan fingerprint density at radius 1 is 1.50 bits per heavy atom. The van der Waals surface area contributed by atoms with E-state index in [9.17, 15) is 0 Å². The average Bonchev–Trinajstić information content (AvgIpc) is 2.66. The average molecular weight is 250 g/mol. The van der Waals surface area contributed by atoms with Crippen molar-refractivity contribution in [1.82, 2.24) is 20.0 Å². The van der Waals surface area contributed by atoms with E-state index in [0.29, 0.717) is 6.04 Å². The second-order valence-electron chi connectivity index (χ2n) is 5.44. The first-order valence-corrected chi connectivity index (χ1v) is 7.14. The monoisotopic (exact) mass is 250 g/mol. The molecular weight excluding hydrogens is 224 g/mol. The van der Waals surface area contributed by atoms with Crippen LogP contribution in [0.4, 0.5) is 0 Å². The molecule has 1 unspecified atom stereocenters. The molecule has 1 aliphatic rings. The highest BCUT2D eigenvalue weighted by atomic mass is 15.3. The molecule has 2 heterocycles. The molecule has 0 amide bonds. The number of nitrogens with zero attached hydrogens (tertiary/aromatic N) is 3. The lowest BCUT2D eigenvalue weighted by molar-refractivity contribution is 0.183. The van der Waals surface area contributed by atoms with Crippen LogP contribution in [0.2, 0.25) is 0 Å². The van der Waals surface area contributed by atoms with Crippen LogP contribution in [0.25, 0.3) is 0 Å². The maximum Gasteiger partial charge on any atom is 0.0638 e. The lowest BCUT2D eigenvalue weighted by Crippen LogP contribution is -2.45. The summed E-state index contributed by atoms with van der Waals surface area (Å²) in [6, 6.07) is 0.677. The van der Waals surface area contributed by atoms with Crippen molar-refractivity contribution in [3.8, 4) is 0 Å². The van der Waals surface area contributed by atoms with Crippen molar-refractivity contribution in [2.24, 2.45) is 7.05 Å². The van der Waals surface area contributed by atoms with Gasteiger partial charge in [0.2, 0.25) is 0 Å². The molecule has 1 atom stereocenters. The number of hydrogen-bond acceptors (Lipinski definition) is 3. The number of piperidine rings is 1. The van der Waals surface area contributed by atoms with Gasteiger partial charge in [0, 0.05) is 37.9 Å².